The van der Waals surface area contributed by atoms with Crippen LogP contribution in [0, 0.1) is 17.8 Å². The van der Waals surface area contributed by atoms with Crippen LogP contribution in [0.3, 0.4) is 0 Å². The Hall–Kier alpha value is -0.0800. The SMILES string of the molecule is CCC(C)CN1CC(C(C)C)NCC1C(C)C. The Morgan fingerprint density at radius 1 is 1.12 bits per heavy atom. The van der Waals surface area contributed by atoms with Crippen molar-refractivity contribution in [2.45, 2.75) is 60.0 Å². The molecule has 17 heavy (non-hydrogen) atoms. The zero-order valence-electron chi connectivity index (χ0n) is 12.7. The van der Waals surface area contributed by atoms with Crippen molar-refractivity contribution in [1.82, 2.24) is 10.2 Å². The minimum atomic E-state index is 0.675. The second kappa shape index (κ2) is 6.75. The summed E-state index contributed by atoms with van der Waals surface area (Å²) in [5.74, 6) is 2.31. The second-order valence-electron chi connectivity index (χ2n) is 6.54. The topological polar surface area (TPSA) is 15.3 Å². The Balaban J connectivity index is 2.62. The van der Waals surface area contributed by atoms with E-state index in [4.69, 9.17) is 0 Å². The molecular weight excluding hydrogens is 208 g/mol. The van der Waals surface area contributed by atoms with Gasteiger partial charge in [-0.3, -0.25) is 4.90 Å². The Kier molecular flexibility index (Phi) is 5.94. The minimum Gasteiger partial charge on any atom is -0.311 e. The molecule has 1 rings (SSSR count). The van der Waals surface area contributed by atoms with E-state index in [1.807, 2.05) is 0 Å². The highest BCUT2D eigenvalue weighted by molar-refractivity contribution is 4.89. The summed E-state index contributed by atoms with van der Waals surface area (Å²) in [7, 11) is 0. The molecule has 1 aliphatic rings. The normalized spacial score (nSPS) is 28.9. The molecule has 2 nitrogen and oxygen atoms in total. The van der Waals surface area contributed by atoms with Crippen molar-refractivity contribution in [3.8, 4) is 0 Å². The van der Waals surface area contributed by atoms with Gasteiger partial charge in [-0.1, -0.05) is 48.0 Å². The summed E-state index contributed by atoms with van der Waals surface area (Å²) in [6, 6.07) is 1.40. The van der Waals surface area contributed by atoms with E-state index in [-0.39, 0.29) is 0 Å². The second-order valence-corrected chi connectivity index (χ2v) is 6.54. The lowest BCUT2D eigenvalue weighted by atomic mass is 9.93. The van der Waals surface area contributed by atoms with Crippen molar-refractivity contribution in [3.63, 3.8) is 0 Å². The molecule has 0 amide bonds. The van der Waals surface area contributed by atoms with Gasteiger partial charge >= 0.3 is 0 Å². The van der Waals surface area contributed by atoms with E-state index in [2.05, 4.69) is 51.8 Å². The molecule has 1 heterocycles. The first kappa shape index (κ1) is 15.0. The fourth-order valence-corrected chi connectivity index (χ4v) is 2.70. The third-order valence-electron chi connectivity index (χ3n) is 4.31. The first-order chi connectivity index (χ1) is 7.95. The molecule has 0 radical (unpaired) electrons. The molecule has 0 aliphatic carbocycles. The molecule has 0 aromatic heterocycles. The van der Waals surface area contributed by atoms with Crippen molar-refractivity contribution < 1.29 is 0 Å². The molecule has 0 spiro atoms. The van der Waals surface area contributed by atoms with Crippen molar-refractivity contribution in [2.24, 2.45) is 17.8 Å². The van der Waals surface area contributed by atoms with Crippen LogP contribution in [0.5, 0.6) is 0 Å². The van der Waals surface area contributed by atoms with Crippen molar-refractivity contribution in [3.05, 3.63) is 0 Å². The Morgan fingerprint density at radius 2 is 1.76 bits per heavy atom. The molecular formula is C15H32N2. The third-order valence-corrected chi connectivity index (χ3v) is 4.31. The largest absolute Gasteiger partial charge is 0.311 e. The van der Waals surface area contributed by atoms with E-state index in [9.17, 15) is 0 Å². The number of nitrogens with zero attached hydrogens (tertiary/aromatic N) is 1. The van der Waals surface area contributed by atoms with Crippen LogP contribution in [0.4, 0.5) is 0 Å². The minimum absolute atomic E-state index is 0.675. The maximum absolute atomic E-state index is 3.73. The van der Waals surface area contributed by atoms with Crippen LogP contribution in [0.1, 0.15) is 48.0 Å². The predicted octanol–water partition coefficient (Wildman–Crippen LogP) is 2.99. The standard InChI is InChI=1S/C15H32N2/c1-7-13(6)9-17-10-14(11(2)3)16-8-15(17)12(4)5/h11-16H,7-10H2,1-6H3. The molecule has 102 valence electrons. The first-order valence-electron chi connectivity index (χ1n) is 7.43. The quantitative estimate of drug-likeness (QED) is 0.795. The molecule has 1 N–H and O–H groups in total. The highest BCUT2D eigenvalue weighted by Crippen LogP contribution is 2.20. The van der Waals surface area contributed by atoms with E-state index < -0.39 is 0 Å². The Bertz CT molecular complexity index is 213. The smallest absolute Gasteiger partial charge is 0.0244 e. The molecule has 0 aromatic carbocycles. The van der Waals surface area contributed by atoms with Gasteiger partial charge in [-0.2, -0.15) is 0 Å². The molecule has 1 saturated heterocycles. The maximum Gasteiger partial charge on any atom is 0.0244 e. The summed E-state index contributed by atoms with van der Waals surface area (Å²) in [6.45, 7) is 17.7. The maximum atomic E-state index is 3.73. The molecule has 1 fully saturated rings. The summed E-state index contributed by atoms with van der Waals surface area (Å²) in [6.07, 6.45) is 1.29. The highest BCUT2D eigenvalue weighted by Gasteiger charge is 2.31. The van der Waals surface area contributed by atoms with Crippen molar-refractivity contribution in [2.75, 3.05) is 19.6 Å². The summed E-state index contributed by atoms with van der Waals surface area (Å²) in [5, 5.41) is 3.73. The molecule has 0 aromatic rings. The van der Waals surface area contributed by atoms with Crippen molar-refractivity contribution in [1.29, 1.82) is 0 Å². The Morgan fingerprint density at radius 3 is 2.24 bits per heavy atom. The molecule has 3 unspecified atom stereocenters. The van der Waals surface area contributed by atoms with E-state index in [0.29, 0.717) is 6.04 Å². The van der Waals surface area contributed by atoms with Crippen LogP contribution in [0.15, 0.2) is 0 Å². The molecule has 2 heteroatoms. The predicted molar refractivity (Wildman–Crippen MR) is 76.3 cm³/mol. The van der Waals surface area contributed by atoms with Crippen LogP contribution in [-0.4, -0.2) is 36.6 Å². The van der Waals surface area contributed by atoms with E-state index >= 15 is 0 Å². The van der Waals surface area contributed by atoms with Gasteiger partial charge in [-0.15, -0.1) is 0 Å². The van der Waals surface area contributed by atoms with Crippen molar-refractivity contribution >= 4 is 0 Å². The van der Waals surface area contributed by atoms with Gasteiger partial charge in [0.15, 0.2) is 0 Å². The number of rotatable bonds is 5. The molecule has 0 saturated carbocycles. The average Bonchev–Trinajstić information content (AvgIpc) is 2.28. The van der Waals surface area contributed by atoms with Gasteiger partial charge in [0.1, 0.15) is 0 Å². The molecule has 3 atom stereocenters. The van der Waals surface area contributed by atoms with Gasteiger partial charge in [-0.25, -0.2) is 0 Å². The zero-order chi connectivity index (χ0) is 13.0. The number of hydrogen-bond donors (Lipinski definition) is 1. The zero-order valence-corrected chi connectivity index (χ0v) is 12.7. The van der Waals surface area contributed by atoms with Crippen LogP contribution in [0.2, 0.25) is 0 Å². The molecule has 1 aliphatic heterocycles. The average molecular weight is 240 g/mol. The van der Waals surface area contributed by atoms with Gasteiger partial charge < -0.3 is 5.32 Å². The van der Waals surface area contributed by atoms with Crippen LogP contribution < -0.4 is 5.32 Å². The lowest BCUT2D eigenvalue weighted by Crippen LogP contribution is -2.60. The number of nitrogens with one attached hydrogen (secondary N) is 1. The monoisotopic (exact) mass is 240 g/mol. The Labute approximate surface area is 108 Å². The summed E-state index contributed by atoms with van der Waals surface area (Å²) in [4.78, 5) is 2.74. The van der Waals surface area contributed by atoms with E-state index in [0.717, 1.165) is 30.3 Å². The van der Waals surface area contributed by atoms with Crippen LogP contribution >= 0.6 is 0 Å². The van der Waals surface area contributed by atoms with E-state index in [1.54, 1.807) is 0 Å². The van der Waals surface area contributed by atoms with Gasteiger partial charge in [0.25, 0.3) is 0 Å². The fraction of sp³-hybridized carbons (Fsp3) is 1.00. The van der Waals surface area contributed by atoms with Gasteiger partial charge in [0.05, 0.1) is 0 Å². The number of hydrogen-bond acceptors (Lipinski definition) is 2. The van der Waals surface area contributed by atoms with Crippen LogP contribution in [0.25, 0.3) is 0 Å². The van der Waals surface area contributed by atoms with Gasteiger partial charge in [-0.05, 0) is 17.8 Å². The lowest BCUT2D eigenvalue weighted by molar-refractivity contribution is 0.0716. The highest BCUT2D eigenvalue weighted by atomic mass is 15.2. The van der Waals surface area contributed by atoms with Gasteiger partial charge in [0.2, 0.25) is 0 Å². The summed E-state index contributed by atoms with van der Waals surface area (Å²) < 4.78 is 0. The summed E-state index contributed by atoms with van der Waals surface area (Å²) >= 11 is 0. The van der Waals surface area contributed by atoms with Gasteiger partial charge in [0, 0.05) is 31.7 Å². The third kappa shape index (κ3) is 4.26. The van der Waals surface area contributed by atoms with E-state index in [1.165, 1.54) is 19.5 Å². The summed E-state index contributed by atoms with van der Waals surface area (Å²) in [5.41, 5.74) is 0. The lowest BCUT2D eigenvalue weighted by Gasteiger charge is -2.44. The number of piperazine rings is 1. The molecule has 0 bridgehead atoms. The fourth-order valence-electron chi connectivity index (χ4n) is 2.70. The van der Waals surface area contributed by atoms with Crippen LogP contribution in [-0.2, 0) is 0 Å². The first-order valence-corrected chi connectivity index (χ1v) is 7.43.